The molecule has 1 aromatic carbocycles. The normalized spacial score (nSPS) is 11.3. The third-order valence-corrected chi connectivity index (χ3v) is 4.30. The minimum Gasteiger partial charge on any atom is -0.477 e. The van der Waals surface area contributed by atoms with E-state index in [1.165, 1.54) is 0 Å². The van der Waals surface area contributed by atoms with Gasteiger partial charge in [0.2, 0.25) is 11.8 Å². The van der Waals surface area contributed by atoms with Crippen LogP contribution in [0.1, 0.15) is 17.0 Å². The Bertz CT molecular complexity index is 860. The Kier molecular flexibility index (Phi) is 9.08. The van der Waals surface area contributed by atoms with Crippen molar-refractivity contribution in [3.8, 4) is 17.3 Å². The molecule has 1 atom stereocenters. The van der Waals surface area contributed by atoms with Gasteiger partial charge in [0.25, 0.3) is 0 Å². The molecule has 0 saturated heterocycles. The zero-order valence-corrected chi connectivity index (χ0v) is 17.2. The standard InChI is InChI=1S/C22H24N2O3.CH4O/c1-4-19(25-3)14-17-10-11-21(23-15-17)26-13-12-20-16(2)27-22(24-20)18-8-6-5-7-9-18;1-2/h4-11,15,19H,1,12-14H2,2-3H3;2H,1H3. The van der Waals surface area contributed by atoms with Crippen LogP contribution in [-0.4, -0.2) is 42.0 Å². The first-order valence-electron chi connectivity index (χ1n) is 9.39. The molecule has 3 aromatic rings. The molecule has 0 spiro atoms. The number of aliphatic hydroxyl groups is 1. The molecule has 6 heteroatoms. The number of hydrogen-bond acceptors (Lipinski definition) is 6. The summed E-state index contributed by atoms with van der Waals surface area (Å²) in [5, 5.41) is 7.00. The van der Waals surface area contributed by atoms with Crippen molar-refractivity contribution >= 4 is 0 Å². The topological polar surface area (TPSA) is 77.6 Å². The lowest BCUT2D eigenvalue weighted by Gasteiger charge is -2.10. The smallest absolute Gasteiger partial charge is 0.226 e. The first-order chi connectivity index (χ1) is 14.2. The number of aromatic nitrogens is 2. The molecule has 0 radical (unpaired) electrons. The maximum absolute atomic E-state index is 7.00. The molecule has 0 aliphatic heterocycles. The molecule has 3 rings (SSSR count). The molecule has 154 valence electrons. The van der Waals surface area contributed by atoms with Crippen LogP contribution in [-0.2, 0) is 17.6 Å². The highest BCUT2D eigenvalue weighted by molar-refractivity contribution is 5.53. The molecule has 6 nitrogen and oxygen atoms in total. The van der Waals surface area contributed by atoms with Crippen LogP contribution in [0.4, 0.5) is 0 Å². The van der Waals surface area contributed by atoms with E-state index in [9.17, 15) is 0 Å². The second-order valence-electron chi connectivity index (χ2n) is 6.21. The highest BCUT2D eigenvalue weighted by Crippen LogP contribution is 2.21. The fraction of sp³-hybridized carbons (Fsp3) is 0.304. The van der Waals surface area contributed by atoms with Crippen LogP contribution in [0.15, 0.2) is 65.7 Å². The van der Waals surface area contributed by atoms with Gasteiger partial charge in [0.15, 0.2) is 0 Å². The van der Waals surface area contributed by atoms with E-state index >= 15 is 0 Å². The zero-order chi connectivity index (χ0) is 21.1. The van der Waals surface area contributed by atoms with Crippen molar-refractivity contribution in [1.82, 2.24) is 9.97 Å². The van der Waals surface area contributed by atoms with E-state index in [0.717, 1.165) is 36.1 Å². The quantitative estimate of drug-likeness (QED) is 0.551. The first-order valence-corrected chi connectivity index (χ1v) is 9.39. The van der Waals surface area contributed by atoms with Crippen molar-refractivity contribution in [2.45, 2.75) is 25.9 Å². The van der Waals surface area contributed by atoms with Gasteiger partial charge in [-0.1, -0.05) is 30.3 Å². The van der Waals surface area contributed by atoms with Crippen LogP contribution in [0.2, 0.25) is 0 Å². The van der Waals surface area contributed by atoms with E-state index in [1.807, 2.05) is 49.4 Å². The summed E-state index contributed by atoms with van der Waals surface area (Å²) in [6.07, 6.45) is 4.99. The lowest BCUT2D eigenvalue weighted by atomic mass is 10.1. The molecule has 0 bridgehead atoms. The van der Waals surface area contributed by atoms with E-state index in [2.05, 4.69) is 16.5 Å². The van der Waals surface area contributed by atoms with E-state index in [-0.39, 0.29) is 6.10 Å². The van der Waals surface area contributed by atoms with Crippen molar-refractivity contribution in [1.29, 1.82) is 0 Å². The number of nitrogens with zero attached hydrogens (tertiary/aromatic N) is 2. The summed E-state index contributed by atoms with van der Waals surface area (Å²) in [5.41, 5.74) is 2.95. The maximum Gasteiger partial charge on any atom is 0.226 e. The van der Waals surface area contributed by atoms with Gasteiger partial charge in [0.05, 0.1) is 18.4 Å². The summed E-state index contributed by atoms with van der Waals surface area (Å²) in [4.78, 5) is 8.94. The molecular weight excluding hydrogens is 368 g/mol. The van der Waals surface area contributed by atoms with Crippen LogP contribution in [0.25, 0.3) is 11.5 Å². The molecule has 0 fully saturated rings. The van der Waals surface area contributed by atoms with Crippen LogP contribution < -0.4 is 4.74 Å². The minimum absolute atomic E-state index is 0.00693. The monoisotopic (exact) mass is 396 g/mol. The average Bonchev–Trinajstić information content (AvgIpc) is 3.15. The number of aliphatic hydroxyl groups excluding tert-OH is 1. The van der Waals surface area contributed by atoms with Crippen LogP contribution >= 0.6 is 0 Å². The van der Waals surface area contributed by atoms with Gasteiger partial charge in [0, 0.05) is 44.9 Å². The molecule has 0 aliphatic rings. The lowest BCUT2D eigenvalue weighted by molar-refractivity contribution is 0.141. The number of oxazole rings is 1. The third kappa shape index (κ3) is 6.55. The van der Waals surface area contributed by atoms with Gasteiger partial charge in [-0.05, 0) is 24.6 Å². The number of ether oxygens (including phenoxy) is 2. The molecular formula is C23H28N2O4. The number of pyridine rings is 1. The van der Waals surface area contributed by atoms with Gasteiger partial charge in [-0.25, -0.2) is 9.97 Å². The predicted octanol–water partition coefficient (Wildman–Crippen LogP) is 4.02. The van der Waals surface area contributed by atoms with Crippen LogP contribution in [0.3, 0.4) is 0 Å². The Morgan fingerprint density at radius 3 is 2.55 bits per heavy atom. The predicted molar refractivity (Wildman–Crippen MR) is 113 cm³/mol. The van der Waals surface area contributed by atoms with Gasteiger partial charge < -0.3 is 19.0 Å². The molecule has 2 heterocycles. The van der Waals surface area contributed by atoms with E-state index in [4.69, 9.17) is 19.0 Å². The number of rotatable bonds is 9. The largest absolute Gasteiger partial charge is 0.477 e. The lowest BCUT2D eigenvalue weighted by Crippen LogP contribution is -2.10. The molecule has 0 amide bonds. The number of aryl methyl sites for hydroxylation is 1. The summed E-state index contributed by atoms with van der Waals surface area (Å²) >= 11 is 0. The average molecular weight is 396 g/mol. The van der Waals surface area contributed by atoms with E-state index in [1.54, 1.807) is 19.4 Å². The van der Waals surface area contributed by atoms with E-state index in [0.29, 0.717) is 24.8 Å². The van der Waals surface area contributed by atoms with Gasteiger partial charge in [-0.3, -0.25) is 0 Å². The Morgan fingerprint density at radius 2 is 1.93 bits per heavy atom. The highest BCUT2D eigenvalue weighted by Gasteiger charge is 2.11. The molecule has 1 N–H and O–H groups in total. The van der Waals surface area contributed by atoms with Crippen LogP contribution in [0.5, 0.6) is 5.88 Å². The second kappa shape index (κ2) is 11.8. The third-order valence-electron chi connectivity index (χ3n) is 4.30. The zero-order valence-electron chi connectivity index (χ0n) is 17.2. The Balaban J connectivity index is 0.00000145. The minimum atomic E-state index is -0.00693. The van der Waals surface area contributed by atoms with Crippen molar-refractivity contribution < 1.29 is 19.0 Å². The molecule has 2 aromatic heterocycles. The first kappa shape index (κ1) is 22.3. The van der Waals surface area contributed by atoms with Crippen molar-refractivity contribution in [2.24, 2.45) is 0 Å². The van der Waals surface area contributed by atoms with Crippen LogP contribution in [0, 0.1) is 6.92 Å². The molecule has 29 heavy (non-hydrogen) atoms. The summed E-state index contributed by atoms with van der Waals surface area (Å²) in [6, 6.07) is 13.7. The second-order valence-corrected chi connectivity index (χ2v) is 6.21. The van der Waals surface area contributed by atoms with Gasteiger partial charge in [-0.15, -0.1) is 6.58 Å². The Hall–Kier alpha value is -2.96. The van der Waals surface area contributed by atoms with Crippen molar-refractivity contribution in [2.75, 3.05) is 20.8 Å². The molecule has 0 aliphatic carbocycles. The SMILES string of the molecule is C=CC(Cc1ccc(OCCc2nc(-c3ccccc3)oc2C)nc1)OC.CO. The number of benzene rings is 1. The fourth-order valence-electron chi connectivity index (χ4n) is 2.73. The Morgan fingerprint density at radius 1 is 1.17 bits per heavy atom. The van der Waals surface area contributed by atoms with Crippen molar-refractivity contribution in [3.63, 3.8) is 0 Å². The molecule has 1 unspecified atom stereocenters. The van der Waals surface area contributed by atoms with E-state index < -0.39 is 0 Å². The summed E-state index contributed by atoms with van der Waals surface area (Å²) in [6.45, 7) is 6.17. The summed E-state index contributed by atoms with van der Waals surface area (Å²) in [7, 11) is 2.67. The van der Waals surface area contributed by atoms with Gasteiger partial charge in [-0.2, -0.15) is 0 Å². The number of hydrogen-bond donors (Lipinski definition) is 1. The van der Waals surface area contributed by atoms with Gasteiger partial charge in [0.1, 0.15) is 5.76 Å². The molecule has 0 saturated carbocycles. The van der Waals surface area contributed by atoms with Crippen molar-refractivity contribution in [3.05, 3.63) is 78.3 Å². The van der Waals surface area contributed by atoms with Gasteiger partial charge >= 0.3 is 0 Å². The number of methoxy groups -OCH3 is 1. The summed E-state index contributed by atoms with van der Waals surface area (Å²) < 4.78 is 16.8. The highest BCUT2D eigenvalue weighted by atomic mass is 16.5. The summed E-state index contributed by atoms with van der Waals surface area (Å²) in [5.74, 6) is 2.05. The fourth-order valence-corrected chi connectivity index (χ4v) is 2.73. The maximum atomic E-state index is 7.00. The Labute approximate surface area is 171 Å².